The lowest BCUT2D eigenvalue weighted by Gasteiger charge is -2.34. The van der Waals surface area contributed by atoms with Crippen LogP contribution in [-0.4, -0.2) is 121 Å². The van der Waals surface area contributed by atoms with Gasteiger partial charge in [-0.15, -0.1) is 0 Å². The zero-order valence-corrected chi connectivity index (χ0v) is 36.7. The Kier molecular flexibility index (Phi) is 20.7. The first-order valence-corrected chi connectivity index (χ1v) is 26.4. The fourth-order valence-electron chi connectivity index (χ4n) is 7.30. The molecule has 0 fully saturated rings. The van der Waals surface area contributed by atoms with Crippen LogP contribution in [0.15, 0.2) is 77.9 Å². The van der Waals surface area contributed by atoms with Crippen LogP contribution in [0, 0.1) is 5.92 Å². The molecule has 2 aliphatic carbocycles. The molecule has 0 aliphatic heterocycles. The number of carbonyl (C=O) groups is 2. The molecule has 0 aromatic heterocycles. The number of nitrogens with one attached hydrogen (secondary N) is 2. The summed E-state index contributed by atoms with van der Waals surface area (Å²) in [6, 6.07) is 17.6. The number of alkyl carbamates (subject to hydrolysis) is 1. The van der Waals surface area contributed by atoms with Crippen molar-refractivity contribution in [1.82, 2.24) is 10.6 Å². The van der Waals surface area contributed by atoms with E-state index in [0.29, 0.717) is 104 Å². The molecule has 318 valence electrons. The summed E-state index contributed by atoms with van der Waals surface area (Å²) < 4.78 is 39.9. The lowest BCUT2D eigenvalue weighted by Crippen LogP contribution is -2.52. The highest BCUT2D eigenvalue weighted by Gasteiger charge is 2.39. The van der Waals surface area contributed by atoms with E-state index in [1.807, 2.05) is 12.1 Å². The molecule has 0 saturated carbocycles. The Balaban J connectivity index is 1.02. The Morgan fingerprint density at radius 3 is 2.09 bits per heavy atom. The molecular formula is C42H63N5O9Si2. The second-order valence-corrected chi connectivity index (χ2v) is 23.8. The van der Waals surface area contributed by atoms with Crippen LogP contribution >= 0.6 is 0 Å². The summed E-state index contributed by atoms with van der Waals surface area (Å²) in [7, 11) is -4.33. The molecule has 0 radical (unpaired) electrons. The van der Waals surface area contributed by atoms with Gasteiger partial charge in [-0.2, -0.15) is 0 Å². The highest BCUT2D eigenvalue weighted by atomic mass is 28.4. The summed E-state index contributed by atoms with van der Waals surface area (Å²) in [5.74, 6) is 0.750. The van der Waals surface area contributed by atoms with E-state index >= 15 is 0 Å². The molecule has 3 atom stereocenters. The maximum Gasteiger partial charge on any atom is 0.407 e. The average Bonchev–Trinajstić information content (AvgIpc) is 3.52. The number of hydrogen-bond donors (Lipinski definition) is 2. The van der Waals surface area contributed by atoms with Gasteiger partial charge in [0.15, 0.2) is 8.32 Å². The Morgan fingerprint density at radius 2 is 1.40 bits per heavy atom. The van der Waals surface area contributed by atoms with Crippen LogP contribution < -0.4 is 15.8 Å². The Labute approximate surface area is 345 Å². The zero-order chi connectivity index (χ0) is 41.5. The summed E-state index contributed by atoms with van der Waals surface area (Å²) in [5.41, 5.74) is 11.7. The van der Waals surface area contributed by atoms with Crippen LogP contribution in [0.25, 0.3) is 10.4 Å². The first-order valence-electron chi connectivity index (χ1n) is 20.4. The molecule has 14 nitrogen and oxygen atoms in total. The number of ether oxygens (including phenoxy) is 6. The summed E-state index contributed by atoms with van der Waals surface area (Å²) in [4.78, 5) is 28.0. The van der Waals surface area contributed by atoms with Crippen LogP contribution in [0.3, 0.4) is 0 Å². The van der Waals surface area contributed by atoms with Gasteiger partial charge < -0.3 is 43.2 Å². The van der Waals surface area contributed by atoms with Gasteiger partial charge in [-0.05, 0) is 72.0 Å². The van der Waals surface area contributed by atoms with Crippen LogP contribution in [-0.2, 0) is 43.8 Å². The Bertz CT molecular complexity index is 1670. The van der Waals surface area contributed by atoms with Gasteiger partial charge in [0.1, 0.15) is 6.61 Å². The smallest absolute Gasteiger partial charge is 0.407 e. The van der Waals surface area contributed by atoms with Gasteiger partial charge >= 0.3 is 6.09 Å². The van der Waals surface area contributed by atoms with E-state index in [4.69, 9.17) is 38.1 Å². The van der Waals surface area contributed by atoms with Crippen molar-refractivity contribution in [2.45, 2.75) is 56.9 Å². The van der Waals surface area contributed by atoms with Crippen molar-refractivity contribution in [3.63, 3.8) is 0 Å². The van der Waals surface area contributed by atoms with Crippen LogP contribution in [0.2, 0.25) is 32.2 Å². The Morgan fingerprint density at radius 1 is 0.759 bits per heavy atom. The largest absolute Gasteiger partial charge is 0.452 e. The van der Waals surface area contributed by atoms with Gasteiger partial charge in [-0.25, -0.2) is 4.79 Å². The predicted octanol–water partition coefficient (Wildman–Crippen LogP) is 6.11. The minimum absolute atomic E-state index is 0.0580. The van der Waals surface area contributed by atoms with Gasteiger partial charge in [0.2, 0.25) is 14.2 Å². The second kappa shape index (κ2) is 25.6. The van der Waals surface area contributed by atoms with Crippen molar-refractivity contribution < 1.29 is 42.1 Å². The molecule has 2 amide bonds. The van der Waals surface area contributed by atoms with E-state index in [2.05, 4.69) is 108 Å². The van der Waals surface area contributed by atoms with Crippen LogP contribution in [0.5, 0.6) is 0 Å². The molecule has 0 bridgehead atoms. The van der Waals surface area contributed by atoms with Gasteiger partial charge in [-0.1, -0.05) is 77.9 Å². The number of nitrogens with zero attached hydrogens (tertiary/aromatic N) is 3. The Hall–Kier alpha value is -3.84. The number of carbonyl (C=O) groups excluding carboxylic acids is 2. The maximum atomic E-state index is 12.7. The van der Waals surface area contributed by atoms with E-state index in [1.54, 1.807) is 0 Å². The number of amides is 2. The van der Waals surface area contributed by atoms with Crippen molar-refractivity contribution in [3.8, 4) is 0 Å². The van der Waals surface area contributed by atoms with Gasteiger partial charge in [0.25, 0.3) is 0 Å². The molecule has 58 heavy (non-hydrogen) atoms. The van der Waals surface area contributed by atoms with Crippen molar-refractivity contribution in [1.29, 1.82) is 0 Å². The van der Waals surface area contributed by atoms with Crippen molar-refractivity contribution in [2.75, 3.05) is 92.3 Å². The first kappa shape index (κ1) is 46.8. The molecule has 2 N–H and O–H groups in total. The van der Waals surface area contributed by atoms with E-state index in [1.165, 1.54) is 11.1 Å². The third kappa shape index (κ3) is 16.8. The number of azide groups is 1. The molecule has 16 heteroatoms. The lowest BCUT2D eigenvalue weighted by atomic mass is 9.84. The highest BCUT2D eigenvalue weighted by Crippen LogP contribution is 2.49. The van der Waals surface area contributed by atoms with Crippen molar-refractivity contribution in [2.24, 2.45) is 11.0 Å². The zero-order valence-electron chi connectivity index (χ0n) is 34.7. The predicted molar refractivity (Wildman–Crippen MR) is 229 cm³/mol. The molecule has 0 saturated heterocycles. The third-order valence-corrected chi connectivity index (χ3v) is 17.5. The van der Waals surface area contributed by atoms with Crippen molar-refractivity contribution in [3.05, 3.63) is 100.0 Å². The van der Waals surface area contributed by atoms with Gasteiger partial charge in [-0.3, -0.25) is 4.79 Å². The molecular weight excluding hydrogens is 775 g/mol. The standard InChI is InChI=1S/C42H63N5O9Si2/c1-57(2,30-10-17-45-42(49)55-33-40-38-15-7-5-13-36(38)37-14-6-8-16-39(37)40)56-58(3,4)35-12-9-11-34(31-35)32-41(48)44-18-20-50-22-24-52-26-28-54-29-27-53-25-23-51-21-19-46-47-43/h5-9,11-16,31,36,38,40H,10,17-30,32-33H2,1-4H3,(H,44,48)(H,45,49). The van der Waals surface area contributed by atoms with Crippen LogP contribution in [0.4, 0.5) is 4.79 Å². The fourth-order valence-corrected chi connectivity index (χ4v) is 15.8. The van der Waals surface area contributed by atoms with E-state index in [0.717, 1.165) is 23.2 Å². The number of rotatable bonds is 29. The molecule has 0 spiro atoms. The normalized spacial score (nSPS) is 17.0. The third-order valence-electron chi connectivity index (χ3n) is 9.99. The SMILES string of the molecule is C[Si](C)(CCCNC(=O)OCC1c2ccccc2C2C=CC=CC21)O[Si](C)(C)c1cccc(CC(=O)NCCOCCOCCOCCOCCOCCN=[N+]=[N-])c1. The first-order chi connectivity index (χ1) is 28.1. The molecule has 0 heterocycles. The molecule has 3 unspecified atom stereocenters. The quantitative estimate of drug-likeness (QED) is 0.0323. The molecule has 2 aliphatic rings. The topological polar surface area (TPSA) is 172 Å². The second-order valence-electron chi connectivity index (χ2n) is 15.4. The van der Waals surface area contributed by atoms with E-state index < -0.39 is 16.6 Å². The number of fused-ring (bicyclic) bond motifs is 3. The average molecular weight is 838 g/mol. The molecule has 4 rings (SSSR count). The summed E-state index contributed by atoms with van der Waals surface area (Å²) in [6.45, 7) is 14.9. The number of allylic oxidation sites excluding steroid dienone is 4. The fraction of sp³-hybridized carbons (Fsp3) is 0.571. The van der Waals surface area contributed by atoms with Crippen LogP contribution in [0.1, 0.15) is 34.9 Å². The number of hydrogen-bond acceptors (Lipinski definition) is 10. The minimum Gasteiger partial charge on any atom is -0.452 e. The van der Waals surface area contributed by atoms with Crippen molar-refractivity contribution >= 4 is 33.8 Å². The summed E-state index contributed by atoms with van der Waals surface area (Å²) >= 11 is 0. The minimum atomic E-state index is -2.27. The summed E-state index contributed by atoms with van der Waals surface area (Å²) in [6.07, 6.45) is 9.40. The van der Waals surface area contributed by atoms with E-state index in [9.17, 15) is 9.59 Å². The number of benzene rings is 2. The highest BCUT2D eigenvalue weighted by molar-refractivity contribution is 6.92. The molecule has 2 aromatic carbocycles. The monoisotopic (exact) mass is 837 g/mol. The maximum absolute atomic E-state index is 12.7. The summed E-state index contributed by atoms with van der Waals surface area (Å²) in [5, 5.41) is 10.4. The lowest BCUT2D eigenvalue weighted by molar-refractivity contribution is -0.120. The van der Waals surface area contributed by atoms with Gasteiger partial charge in [0, 0.05) is 36.4 Å². The van der Waals surface area contributed by atoms with E-state index in [-0.39, 0.29) is 24.3 Å². The molecule has 2 aromatic rings. The van der Waals surface area contributed by atoms with Gasteiger partial charge in [0.05, 0.1) is 72.5 Å².